The van der Waals surface area contributed by atoms with Crippen molar-refractivity contribution in [1.82, 2.24) is 20.2 Å². The van der Waals surface area contributed by atoms with Gasteiger partial charge in [0.2, 0.25) is 11.8 Å². The van der Waals surface area contributed by atoms with Crippen molar-refractivity contribution in [3.05, 3.63) is 107 Å². The molecule has 3 N–H and O–H groups in total. The van der Waals surface area contributed by atoms with Crippen LogP contribution in [0, 0.1) is 5.92 Å². The summed E-state index contributed by atoms with van der Waals surface area (Å²) in [5, 5.41) is 16.3. The molecule has 0 radical (unpaired) electrons. The second-order valence-corrected chi connectivity index (χ2v) is 13.3. The second-order valence-electron chi connectivity index (χ2n) is 12.3. The SMILES string of the molecule is CC(=O)NCCCCCC(=O)NCc1cccc(-c2cccc([C@H]3O[C@@H](CSc4nccn4C)[C@@H](C)[C@@H](c4ccc(CO)cc4)O3)c2)c1. The van der Waals surface area contributed by atoms with Gasteiger partial charge in [-0.15, -0.1) is 0 Å². The van der Waals surface area contributed by atoms with Gasteiger partial charge in [-0.3, -0.25) is 9.59 Å². The highest BCUT2D eigenvalue weighted by molar-refractivity contribution is 7.99. The Bertz CT molecular complexity index is 1640. The van der Waals surface area contributed by atoms with E-state index < -0.39 is 6.29 Å². The summed E-state index contributed by atoms with van der Waals surface area (Å²) in [6.07, 6.45) is 5.91. The van der Waals surface area contributed by atoms with Crippen LogP contribution >= 0.6 is 11.8 Å². The van der Waals surface area contributed by atoms with E-state index in [9.17, 15) is 14.7 Å². The van der Waals surface area contributed by atoms with Crippen LogP contribution in [0.5, 0.6) is 0 Å². The number of amides is 2. The van der Waals surface area contributed by atoms with Crippen LogP contribution in [0.1, 0.15) is 74.2 Å². The molecule has 0 unspecified atom stereocenters. The highest BCUT2D eigenvalue weighted by atomic mass is 32.2. The summed E-state index contributed by atoms with van der Waals surface area (Å²) in [5.74, 6) is 0.802. The number of aryl methyl sites for hydroxylation is 1. The van der Waals surface area contributed by atoms with Crippen LogP contribution in [0.4, 0.5) is 0 Å². The van der Waals surface area contributed by atoms with E-state index in [1.807, 2.05) is 66.3 Å². The fourth-order valence-electron chi connectivity index (χ4n) is 5.82. The number of hydrogen-bond acceptors (Lipinski definition) is 7. The van der Waals surface area contributed by atoms with E-state index in [0.717, 1.165) is 63.6 Å². The van der Waals surface area contributed by atoms with Crippen LogP contribution in [0.2, 0.25) is 0 Å². The minimum Gasteiger partial charge on any atom is -0.392 e. The van der Waals surface area contributed by atoms with Crippen LogP contribution < -0.4 is 10.6 Å². The van der Waals surface area contributed by atoms with Gasteiger partial charge in [0.1, 0.15) is 0 Å². The molecule has 10 heteroatoms. The third-order valence-corrected chi connectivity index (χ3v) is 9.79. The molecule has 0 saturated carbocycles. The van der Waals surface area contributed by atoms with E-state index in [-0.39, 0.29) is 36.5 Å². The molecule has 48 heavy (non-hydrogen) atoms. The monoisotopic (exact) mass is 670 g/mol. The molecule has 1 aliphatic rings. The summed E-state index contributed by atoms with van der Waals surface area (Å²) in [4.78, 5) is 27.9. The van der Waals surface area contributed by atoms with Gasteiger partial charge in [-0.2, -0.15) is 0 Å². The van der Waals surface area contributed by atoms with Crippen LogP contribution in [0.15, 0.2) is 90.3 Å². The van der Waals surface area contributed by atoms with Crippen molar-refractivity contribution in [3.63, 3.8) is 0 Å². The topological polar surface area (TPSA) is 115 Å². The summed E-state index contributed by atoms with van der Waals surface area (Å²) >= 11 is 1.68. The van der Waals surface area contributed by atoms with E-state index in [1.54, 1.807) is 18.0 Å². The first-order valence-electron chi connectivity index (χ1n) is 16.6. The summed E-state index contributed by atoms with van der Waals surface area (Å²) in [6, 6.07) is 24.4. The van der Waals surface area contributed by atoms with Gasteiger partial charge in [-0.25, -0.2) is 4.98 Å². The average molecular weight is 671 g/mol. The quantitative estimate of drug-likeness (QED) is 0.0981. The zero-order valence-electron chi connectivity index (χ0n) is 27.9. The number of aliphatic hydroxyl groups excluding tert-OH is 1. The summed E-state index contributed by atoms with van der Waals surface area (Å²) in [7, 11) is 1.99. The van der Waals surface area contributed by atoms with Crippen LogP contribution in [0.3, 0.4) is 0 Å². The third-order valence-electron chi connectivity index (χ3n) is 8.64. The number of hydrogen-bond donors (Lipinski definition) is 3. The molecule has 2 heterocycles. The maximum atomic E-state index is 12.4. The second kappa shape index (κ2) is 17.4. The van der Waals surface area contributed by atoms with Crippen molar-refractivity contribution in [1.29, 1.82) is 0 Å². The van der Waals surface area contributed by atoms with Crippen molar-refractivity contribution in [2.45, 2.75) is 76.3 Å². The molecule has 4 atom stereocenters. The molecule has 5 rings (SSSR count). The van der Waals surface area contributed by atoms with Crippen molar-refractivity contribution in [2.24, 2.45) is 13.0 Å². The maximum Gasteiger partial charge on any atom is 0.220 e. The molecule has 254 valence electrons. The van der Waals surface area contributed by atoms with Gasteiger partial charge in [0.25, 0.3) is 0 Å². The Morgan fingerprint density at radius 2 is 1.69 bits per heavy atom. The lowest BCUT2D eigenvalue weighted by Crippen LogP contribution is -2.38. The Labute approximate surface area is 287 Å². The molecule has 1 saturated heterocycles. The van der Waals surface area contributed by atoms with Gasteiger partial charge in [-0.05, 0) is 52.8 Å². The van der Waals surface area contributed by atoms with E-state index in [0.29, 0.717) is 19.5 Å². The van der Waals surface area contributed by atoms with Gasteiger partial charge < -0.3 is 29.8 Å². The minimum atomic E-state index is -0.573. The summed E-state index contributed by atoms with van der Waals surface area (Å²) in [5.41, 5.74) is 5.95. The molecule has 9 nitrogen and oxygen atoms in total. The Balaban J connectivity index is 1.26. The lowest BCUT2D eigenvalue weighted by Gasteiger charge is -2.41. The third kappa shape index (κ3) is 9.79. The number of carbonyl (C=O) groups is 2. The number of nitrogens with zero attached hydrogens (tertiary/aromatic N) is 2. The molecule has 2 amide bonds. The highest BCUT2D eigenvalue weighted by Gasteiger charge is 2.38. The molecule has 1 aliphatic heterocycles. The Hall–Kier alpha value is -3.96. The molecule has 4 aromatic rings. The van der Waals surface area contributed by atoms with Crippen LogP contribution in [-0.2, 0) is 39.3 Å². The number of benzene rings is 3. The first-order chi connectivity index (χ1) is 23.3. The standard InChI is InChI=1S/C38H46N4O5S/c1-26-34(25-48-38-40-19-20-42(38)3)46-37(47-36(26)30-16-14-28(24-43)15-17-30)33-12-8-11-32(22-33)31-10-7-9-29(21-31)23-41-35(45)13-5-4-6-18-39-27(2)44/h7-12,14-17,19-22,26,34,36-37,43H,4-6,13,18,23-25H2,1-3H3,(H,39,44)(H,41,45)/t26-,34+,36+,37+/m1/s1. The average Bonchev–Trinajstić information content (AvgIpc) is 3.52. The van der Waals surface area contributed by atoms with Crippen molar-refractivity contribution < 1.29 is 24.2 Å². The summed E-state index contributed by atoms with van der Waals surface area (Å²) in [6.45, 7) is 4.78. The van der Waals surface area contributed by atoms with Crippen molar-refractivity contribution in [3.8, 4) is 11.1 Å². The minimum absolute atomic E-state index is 0.00148. The number of nitrogens with one attached hydrogen (secondary N) is 2. The van der Waals surface area contributed by atoms with Gasteiger partial charge in [0.05, 0.1) is 18.8 Å². The number of rotatable bonds is 15. The molecule has 0 aliphatic carbocycles. The van der Waals surface area contributed by atoms with Crippen molar-refractivity contribution >= 4 is 23.6 Å². The lowest BCUT2D eigenvalue weighted by atomic mass is 9.91. The molecule has 0 bridgehead atoms. The predicted molar refractivity (Wildman–Crippen MR) is 188 cm³/mol. The highest BCUT2D eigenvalue weighted by Crippen LogP contribution is 2.43. The zero-order chi connectivity index (χ0) is 33.9. The van der Waals surface area contributed by atoms with E-state index >= 15 is 0 Å². The predicted octanol–water partition coefficient (Wildman–Crippen LogP) is 6.48. The van der Waals surface area contributed by atoms with E-state index in [2.05, 4.69) is 46.8 Å². The number of carbonyl (C=O) groups excluding carboxylic acids is 2. The molecule has 1 aromatic heterocycles. The number of unbranched alkanes of at least 4 members (excludes halogenated alkanes) is 2. The summed E-state index contributed by atoms with van der Waals surface area (Å²) < 4.78 is 15.4. The van der Waals surface area contributed by atoms with Gasteiger partial charge in [0, 0.05) is 63.1 Å². The van der Waals surface area contributed by atoms with E-state index in [4.69, 9.17) is 9.47 Å². The Morgan fingerprint density at radius 3 is 2.42 bits per heavy atom. The van der Waals surface area contributed by atoms with Gasteiger partial charge in [-0.1, -0.05) is 85.8 Å². The first-order valence-corrected chi connectivity index (χ1v) is 17.6. The molecular weight excluding hydrogens is 625 g/mol. The molecular formula is C38H46N4O5S. The largest absolute Gasteiger partial charge is 0.392 e. The number of thioether (sulfide) groups is 1. The number of imidazole rings is 1. The number of aliphatic hydroxyl groups is 1. The number of ether oxygens (including phenoxy) is 2. The first kappa shape index (κ1) is 35.3. The fourth-order valence-corrected chi connectivity index (χ4v) is 6.92. The fraction of sp³-hybridized carbons (Fsp3) is 0.395. The zero-order valence-corrected chi connectivity index (χ0v) is 28.7. The lowest BCUT2D eigenvalue weighted by molar-refractivity contribution is -0.268. The van der Waals surface area contributed by atoms with Crippen LogP contribution in [0.25, 0.3) is 11.1 Å². The van der Waals surface area contributed by atoms with Gasteiger partial charge in [0.15, 0.2) is 11.4 Å². The molecule has 1 fully saturated rings. The van der Waals surface area contributed by atoms with Gasteiger partial charge >= 0.3 is 0 Å². The molecule has 0 spiro atoms. The Kier molecular flexibility index (Phi) is 12.8. The van der Waals surface area contributed by atoms with Crippen LogP contribution in [-0.4, -0.2) is 44.9 Å². The Morgan fingerprint density at radius 1 is 0.917 bits per heavy atom. The van der Waals surface area contributed by atoms with E-state index in [1.165, 1.54) is 6.92 Å². The molecule has 3 aromatic carbocycles. The van der Waals surface area contributed by atoms with Crippen molar-refractivity contribution in [2.75, 3.05) is 12.3 Å². The normalized spacial score (nSPS) is 19.2. The number of aromatic nitrogens is 2. The smallest absolute Gasteiger partial charge is 0.220 e. The maximum absolute atomic E-state index is 12.4.